The number of nitrogens with zero attached hydrogens (tertiary/aromatic N) is 4. The minimum Gasteiger partial charge on any atom is -0.353 e. The monoisotopic (exact) mass is 431 g/mol. The smallest absolute Gasteiger partial charge is 0.274 e. The van der Waals surface area contributed by atoms with Crippen molar-refractivity contribution in [2.75, 3.05) is 13.1 Å². The van der Waals surface area contributed by atoms with Gasteiger partial charge in [0.25, 0.3) is 5.91 Å². The van der Waals surface area contributed by atoms with Gasteiger partial charge in [-0.2, -0.15) is 5.10 Å². The van der Waals surface area contributed by atoms with Crippen molar-refractivity contribution >= 4 is 11.8 Å². The molecule has 1 aliphatic rings. The van der Waals surface area contributed by atoms with Gasteiger partial charge in [0.05, 0.1) is 5.41 Å². The molecule has 2 aromatic heterocycles. The average Bonchev–Trinajstić information content (AvgIpc) is 3.41. The van der Waals surface area contributed by atoms with E-state index in [-0.39, 0.29) is 17.9 Å². The molecular formula is C25H29N5O2. The van der Waals surface area contributed by atoms with Gasteiger partial charge in [0.1, 0.15) is 5.69 Å². The topological polar surface area (TPSA) is 80.1 Å². The fourth-order valence-electron chi connectivity index (χ4n) is 4.35. The van der Waals surface area contributed by atoms with E-state index in [9.17, 15) is 9.59 Å². The predicted molar refractivity (Wildman–Crippen MR) is 123 cm³/mol. The number of hydrogen-bond acceptors (Lipinski definition) is 4. The number of hydrogen-bond donors (Lipinski definition) is 1. The van der Waals surface area contributed by atoms with E-state index in [4.69, 9.17) is 0 Å². The lowest BCUT2D eigenvalue weighted by Gasteiger charge is -2.29. The number of carbonyl (C=O) groups excluding carboxylic acids is 2. The van der Waals surface area contributed by atoms with Crippen LogP contribution in [0.5, 0.6) is 0 Å². The van der Waals surface area contributed by atoms with E-state index in [2.05, 4.69) is 21.5 Å². The number of pyridine rings is 1. The number of nitrogens with one attached hydrogen (secondary N) is 1. The van der Waals surface area contributed by atoms with Crippen LogP contribution in [0.15, 0.2) is 61.1 Å². The predicted octanol–water partition coefficient (Wildman–Crippen LogP) is 3.08. The van der Waals surface area contributed by atoms with Crippen LogP contribution in [0.2, 0.25) is 0 Å². The van der Waals surface area contributed by atoms with Gasteiger partial charge in [-0.15, -0.1) is 0 Å². The molecule has 7 nitrogen and oxygen atoms in total. The second-order valence-corrected chi connectivity index (χ2v) is 8.88. The summed E-state index contributed by atoms with van der Waals surface area (Å²) in [6.45, 7) is 4.82. The molecule has 3 aromatic rings. The maximum Gasteiger partial charge on any atom is 0.274 e. The van der Waals surface area contributed by atoms with E-state index in [1.54, 1.807) is 35.1 Å². The molecule has 0 bridgehead atoms. The van der Waals surface area contributed by atoms with Gasteiger partial charge in [-0.05, 0) is 55.5 Å². The van der Waals surface area contributed by atoms with Crippen LogP contribution in [-0.2, 0) is 18.3 Å². The molecule has 3 heterocycles. The number of aromatic nitrogens is 3. The summed E-state index contributed by atoms with van der Waals surface area (Å²) >= 11 is 0. The molecule has 1 atom stereocenters. The molecule has 2 amide bonds. The fraction of sp³-hybridized carbons (Fsp3) is 0.360. The van der Waals surface area contributed by atoms with Crippen molar-refractivity contribution < 1.29 is 9.59 Å². The fourth-order valence-corrected chi connectivity index (χ4v) is 4.35. The highest BCUT2D eigenvalue weighted by atomic mass is 16.2. The molecule has 1 aliphatic heterocycles. The first-order chi connectivity index (χ1) is 15.4. The van der Waals surface area contributed by atoms with Crippen LogP contribution in [-0.4, -0.2) is 50.6 Å². The lowest BCUT2D eigenvalue weighted by atomic mass is 9.79. The molecule has 1 saturated heterocycles. The van der Waals surface area contributed by atoms with Crippen LogP contribution in [0.3, 0.4) is 0 Å². The first-order valence-electron chi connectivity index (χ1n) is 11.0. The second-order valence-electron chi connectivity index (χ2n) is 8.88. The van der Waals surface area contributed by atoms with Crippen LogP contribution in [0, 0.1) is 5.41 Å². The van der Waals surface area contributed by atoms with Gasteiger partial charge in [0, 0.05) is 44.8 Å². The Hall–Kier alpha value is -3.48. The van der Waals surface area contributed by atoms with Gasteiger partial charge in [-0.25, -0.2) is 0 Å². The Kier molecular flexibility index (Phi) is 6.08. The van der Waals surface area contributed by atoms with Crippen molar-refractivity contribution in [3.05, 3.63) is 72.3 Å². The highest BCUT2D eigenvalue weighted by Gasteiger charge is 2.46. The number of rotatable bonds is 6. The summed E-state index contributed by atoms with van der Waals surface area (Å²) in [5.74, 6) is -0.135. The summed E-state index contributed by atoms with van der Waals surface area (Å²) in [6, 6.07) is 13.9. The Labute approximate surface area is 188 Å². The zero-order chi connectivity index (χ0) is 22.7. The molecule has 0 aliphatic carbocycles. The van der Waals surface area contributed by atoms with Crippen LogP contribution in [0.1, 0.15) is 36.3 Å². The minimum absolute atomic E-state index is 0.00407. The molecule has 0 spiro atoms. The van der Waals surface area contributed by atoms with Crippen LogP contribution < -0.4 is 5.32 Å². The quantitative estimate of drug-likeness (QED) is 0.650. The highest BCUT2D eigenvalue weighted by Crippen LogP contribution is 2.36. The van der Waals surface area contributed by atoms with E-state index in [0.29, 0.717) is 31.6 Å². The summed E-state index contributed by atoms with van der Waals surface area (Å²) in [5.41, 5.74) is 2.90. The molecule has 166 valence electrons. The third-order valence-corrected chi connectivity index (χ3v) is 5.94. The Morgan fingerprint density at radius 2 is 1.97 bits per heavy atom. The van der Waals surface area contributed by atoms with Gasteiger partial charge in [0.2, 0.25) is 5.91 Å². The standard InChI is InChI=1S/C25H29N5O2/c1-18(2)27-24(32)25(10-13-30(17-25)23(31)22-9-12-29(3)28-22)15-19-6-4-7-20(14-19)21-8-5-11-26-16-21/h4-9,11-12,14,16,18H,10,13,15,17H2,1-3H3,(H,27,32)/t25-/m0/s1. The van der Waals surface area contributed by atoms with Crippen molar-refractivity contribution in [1.82, 2.24) is 25.0 Å². The summed E-state index contributed by atoms with van der Waals surface area (Å²) < 4.78 is 1.62. The summed E-state index contributed by atoms with van der Waals surface area (Å²) in [4.78, 5) is 32.3. The molecule has 0 saturated carbocycles. The first-order valence-corrected chi connectivity index (χ1v) is 11.0. The van der Waals surface area contributed by atoms with Gasteiger partial charge in [-0.1, -0.05) is 30.3 Å². The van der Waals surface area contributed by atoms with Crippen LogP contribution >= 0.6 is 0 Å². The first kappa shape index (κ1) is 21.7. The van der Waals surface area contributed by atoms with Gasteiger partial charge < -0.3 is 10.2 Å². The number of amides is 2. The summed E-state index contributed by atoms with van der Waals surface area (Å²) in [5, 5.41) is 7.33. The zero-order valence-electron chi connectivity index (χ0n) is 18.8. The number of aryl methyl sites for hydroxylation is 1. The minimum atomic E-state index is -0.678. The number of likely N-dealkylation sites (tertiary alicyclic amines) is 1. The maximum absolute atomic E-state index is 13.4. The normalized spacial score (nSPS) is 18.2. The van der Waals surface area contributed by atoms with Crippen molar-refractivity contribution in [2.45, 2.75) is 32.7 Å². The molecule has 4 rings (SSSR count). The Bertz CT molecular complexity index is 1110. The number of benzene rings is 1. The van der Waals surface area contributed by atoms with Gasteiger partial charge >= 0.3 is 0 Å². The molecule has 1 N–H and O–H groups in total. The Balaban J connectivity index is 1.61. The Morgan fingerprint density at radius 1 is 1.16 bits per heavy atom. The van der Waals surface area contributed by atoms with E-state index in [0.717, 1.165) is 16.7 Å². The van der Waals surface area contributed by atoms with Crippen LogP contribution in [0.25, 0.3) is 11.1 Å². The highest BCUT2D eigenvalue weighted by molar-refractivity contribution is 5.93. The number of carbonyl (C=O) groups is 2. The van der Waals surface area contributed by atoms with Crippen molar-refractivity contribution in [3.8, 4) is 11.1 Å². The molecule has 1 fully saturated rings. The van der Waals surface area contributed by atoms with Gasteiger partial charge in [-0.3, -0.25) is 19.3 Å². The van der Waals surface area contributed by atoms with E-state index in [1.165, 1.54) is 0 Å². The molecule has 1 aromatic carbocycles. The van der Waals surface area contributed by atoms with Gasteiger partial charge in [0.15, 0.2) is 0 Å². The third kappa shape index (κ3) is 4.56. The molecule has 7 heteroatoms. The Morgan fingerprint density at radius 3 is 2.66 bits per heavy atom. The van der Waals surface area contributed by atoms with E-state index < -0.39 is 5.41 Å². The third-order valence-electron chi connectivity index (χ3n) is 5.94. The average molecular weight is 432 g/mol. The summed E-state index contributed by atoms with van der Waals surface area (Å²) in [7, 11) is 1.79. The largest absolute Gasteiger partial charge is 0.353 e. The second kappa shape index (κ2) is 8.94. The lowest BCUT2D eigenvalue weighted by molar-refractivity contribution is -0.130. The lowest BCUT2D eigenvalue weighted by Crippen LogP contribution is -2.47. The van der Waals surface area contributed by atoms with Crippen molar-refractivity contribution in [1.29, 1.82) is 0 Å². The molecule has 0 radical (unpaired) electrons. The molecule has 0 unspecified atom stereocenters. The molecule has 32 heavy (non-hydrogen) atoms. The SMILES string of the molecule is CC(C)NC(=O)[C@]1(Cc2cccc(-c3cccnc3)c2)CCN(C(=O)c2ccn(C)n2)C1. The van der Waals surface area contributed by atoms with Crippen molar-refractivity contribution in [3.63, 3.8) is 0 Å². The van der Waals surface area contributed by atoms with E-state index in [1.807, 2.05) is 50.4 Å². The van der Waals surface area contributed by atoms with Crippen molar-refractivity contribution in [2.24, 2.45) is 12.5 Å². The van der Waals surface area contributed by atoms with E-state index >= 15 is 0 Å². The van der Waals surface area contributed by atoms with Crippen LogP contribution in [0.4, 0.5) is 0 Å². The maximum atomic E-state index is 13.4. The molecular weight excluding hydrogens is 402 g/mol. The zero-order valence-corrected chi connectivity index (χ0v) is 18.8. The summed E-state index contributed by atoms with van der Waals surface area (Å²) in [6.07, 6.45) is 6.52.